The summed E-state index contributed by atoms with van der Waals surface area (Å²) in [5.74, 6) is -1.04. The van der Waals surface area contributed by atoms with Crippen molar-refractivity contribution in [3.63, 3.8) is 0 Å². The summed E-state index contributed by atoms with van der Waals surface area (Å²) in [5, 5.41) is 6.03. The Morgan fingerprint density at radius 2 is 1.69 bits per heavy atom. The van der Waals surface area contributed by atoms with Crippen LogP contribution in [0.1, 0.15) is 33.2 Å². The van der Waals surface area contributed by atoms with Crippen LogP contribution in [0.25, 0.3) is 0 Å². The van der Waals surface area contributed by atoms with Crippen molar-refractivity contribution in [2.24, 2.45) is 4.99 Å². The predicted octanol–water partition coefficient (Wildman–Crippen LogP) is 4.84. The SMILES string of the molecule is CCOC(=O)c1ccc(NC(=O)c2ccc(N=C3C(=O)Nc4ccc(Cl)cc43)cc2)cc1. The molecule has 160 valence electrons. The van der Waals surface area contributed by atoms with Gasteiger partial charge in [0, 0.05) is 21.8 Å². The van der Waals surface area contributed by atoms with E-state index in [1.807, 2.05) is 0 Å². The van der Waals surface area contributed by atoms with Crippen molar-refractivity contribution < 1.29 is 19.1 Å². The third-order valence-electron chi connectivity index (χ3n) is 4.72. The summed E-state index contributed by atoms with van der Waals surface area (Å²) in [4.78, 5) is 40.9. The molecule has 3 aromatic carbocycles. The van der Waals surface area contributed by atoms with Gasteiger partial charge >= 0.3 is 5.97 Å². The molecule has 32 heavy (non-hydrogen) atoms. The van der Waals surface area contributed by atoms with E-state index in [2.05, 4.69) is 15.6 Å². The van der Waals surface area contributed by atoms with Gasteiger partial charge < -0.3 is 15.4 Å². The Balaban J connectivity index is 1.47. The van der Waals surface area contributed by atoms with Crippen LogP contribution in [0.4, 0.5) is 17.1 Å². The Morgan fingerprint density at radius 1 is 1.00 bits per heavy atom. The van der Waals surface area contributed by atoms with Crippen molar-refractivity contribution in [2.45, 2.75) is 6.92 Å². The number of carbonyl (C=O) groups is 3. The van der Waals surface area contributed by atoms with E-state index in [1.165, 1.54) is 0 Å². The van der Waals surface area contributed by atoms with E-state index in [0.717, 1.165) is 0 Å². The first kappa shape index (κ1) is 21.3. The molecule has 8 heteroatoms. The lowest BCUT2D eigenvalue weighted by Gasteiger charge is -2.07. The molecule has 2 amide bonds. The Morgan fingerprint density at radius 3 is 2.38 bits per heavy atom. The number of halogens is 1. The maximum Gasteiger partial charge on any atom is 0.338 e. The van der Waals surface area contributed by atoms with E-state index >= 15 is 0 Å². The zero-order valence-corrected chi connectivity index (χ0v) is 17.8. The number of nitrogens with one attached hydrogen (secondary N) is 2. The lowest BCUT2D eigenvalue weighted by Crippen LogP contribution is -2.14. The van der Waals surface area contributed by atoms with Crippen molar-refractivity contribution in [3.8, 4) is 0 Å². The molecule has 1 heterocycles. The molecule has 1 aliphatic heterocycles. The maximum absolute atomic E-state index is 12.5. The zero-order chi connectivity index (χ0) is 22.7. The average molecular weight is 448 g/mol. The molecule has 2 N–H and O–H groups in total. The van der Waals surface area contributed by atoms with Crippen LogP contribution in [0.2, 0.25) is 5.02 Å². The number of hydrogen-bond donors (Lipinski definition) is 2. The topological polar surface area (TPSA) is 96.9 Å². The second-order valence-electron chi connectivity index (χ2n) is 6.90. The van der Waals surface area contributed by atoms with E-state index in [4.69, 9.17) is 16.3 Å². The second kappa shape index (κ2) is 9.03. The van der Waals surface area contributed by atoms with Crippen LogP contribution in [0.5, 0.6) is 0 Å². The number of ether oxygens (including phenoxy) is 1. The minimum Gasteiger partial charge on any atom is -0.462 e. The Kier molecular flexibility index (Phi) is 6.00. The number of carbonyl (C=O) groups excluding carboxylic acids is 3. The second-order valence-corrected chi connectivity index (χ2v) is 7.34. The molecular formula is C24H18ClN3O4. The van der Waals surface area contributed by atoms with Crippen molar-refractivity contribution >= 4 is 52.2 Å². The summed E-state index contributed by atoms with van der Waals surface area (Å²) in [5.41, 5.74) is 3.46. The lowest BCUT2D eigenvalue weighted by atomic mass is 10.1. The highest BCUT2D eigenvalue weighted by Crippen LogP contribution is 2.28. The van der Waals surface area contributed by atoms with E-state index in [9.17, 15) is 14.4 Å². The zero-order valence-electron chi connectivity index (χ0n) is 17.0. The molecule has 1 aliphatic rings. The fraction of sp³-hybridized carbons (Fsp3) is 0.0833. The van der Waals surface area contributed by atoms with Gasteiger partial charge in [0.15, 0.2) is 0 Å². The number of nitrogens with zero attached hydrogens (tertiary/aromatic N) is 1. The van der Waals surface area contributed by atoms with Gasteiger partial charge in [0.05, 0.1) is 23.5 Å². The highest BCUT2D eigenvalue weighted by Gasteiger charge is 2.26. The third kappa shape index (κ3) is 4.53. The van der Waals surface area contributed by atoms with E-state index in [1.54, 1.807) is 73.7 Å². The van der Waals surface area contributed by atoms with Gasteiger partial charge in [-0.05, 0) is 73.7 Å². The van der Waals surface area contributed by atoms with E-state index in [-0.39, 0.29) is 17.5 Å². The van der Waals surface area contributed by atoms with Crippen LogP contribution >= 0.6 is 11.6 Å². The standard InChI is InChI=1S/C24H18ClN3O4/c1-2-32-24(31)15-5-10-18(11-6-15)27-22(29)14-3-8-17(9-4-14)26-21-19-13-16(25)7-12-20(19)28-23(21)30/h3-13H,2H2,1H3,(H,27,29)(H,26,28,30). The molecule has 0 saturated carbocycles. The minimum absolute atomic E-state index is 0.265. The number of amides is 2. The Labute approximate surface area is 189 Å². The maximum atomic E-state index is 12.5. The first-order valence-corrected chi connectivity index (χ1v) is 10.2. The molecular weight excluding hydrogens is 430 g/mol. The molecule has 3 aromatic rings. The normalized spacial score (nSPS) is 13.4. The van der Waals surface area contributed by atoms with Crippen molar-refractivity contribution in [1.82, 2.24) is 0 Å². The van der Waals surface area contributed by atoms with Gasteiger partial charge in [-0.25, -0.2) is 9.79 Å². The highest BCUT2D eigenvalue weighted by atomic mass is 35.5. The summed E-state index contributed by atoms with van der Waals surface area (Å²) in [6.07, 6.45) is 0. The number of anilines is 2. The van der Waals surface area contributed by atoms with Gasteiger partial charge in [-0.2, -0.15) is 0 Å². The first-order valence-electron chi connectivity index (χ1n) is 9.83. The Bertz CT molecular complexity index is 1240. The number of hydrogen-bond acceptors (Lipinski definition) is 5. The molecule has 0 radical (unpaired) electrons. The number of benzene rings is 3. The van der Waals surface area contributed by atoms with Crippen LogP contribution < -0.4 is 10.6 Å². The summed E-state index contributed by atoms with van der Waals surface area (Å²) in [7, 11) is 0. The largest absolute Gasteiger partial charge is 0.462 e. The van der Waals surface area contributed by atoms with Crippen LogP contribution in [-0.4, -0.2) is 30.1 Å². The fourth-order valence-corrected chi connectivity index (χ4v) is 3.33. The average Bonchev–Trinajstić information content (AvgIpc) is 3.09. The quantitative estimate of drug-likeness (QED) is 0.547. The van der Waals surface area contributed by atoms with Gasteiger partial charge in [-0.1, -0.05) is 11.6 Å². The van der Waals surface area contributed by atoms with Crippen molar-refractivity contribution in [1.29, 1.82) is 0 Å². The van der Waals surface area contributed by atoms with Gasteiger partial charge in [0.1, 0.15) is 5.71 Å². The lowest BCUT2D eigenvalue weighted by molar-refractivity contribution is -0.110. The molecule has 0 unspecified atom stereocenters. The summed E-state index contributed by atoms with van der Waals surface area (Å²) >= 11 is 6.04. The first-order chi connectivity index (χ1) is 15.4. The smallest absolute Gasteiger partial charge is 0.338 e. The molecule has 0 aromatic heterocycles. The molecule has 7 nitrogen and oxygen atoms in total. The summed E-state index contributed by atoms with van der Waals surface area (Å²) in [6, 6.07) is 18.1. The van der Waals surface area contributed by atoms with Crippen LogP contribution in [-0.2, 0) is 9.53 Å². The van der Waals surface area contributed by atoms with Gasteiger partial charge in [0.2, 0.25) is 0 Å². The van der Waals surface area contributed by atoms with Crippen LogP contribution in [0.15, 0.2) is 71.7 Å². The third-order valence-corrected chi connectivity index (χ3v) is 4.96. The summed E-state index contributed by atoms with van der Waals surface area (Å²) < 4.78 is 4.94. The highest BCUT2D eigenvalue weighted by molar-refractivity contribution is 6.54. The van der Waals surface area contributed by atoms with Crippen molar-refractivity contribution in [2.75, 3.05) is 17.2 Å². The molecule has 0 fully saturated rings. The van der Waals surface area contributed by atoms with E-state index in [0.29, 0.717) is 45.4 Å². The monoisotopic (exact) mass is 447 g/mol. The number of rotatable bonds is 5. The number of esters is 1. The molecule has 0 bridgehead atoms. The van der Waals surface area contributed by atoms with Gasteiger partial charge in [-0.15, -0.1) is 0 Å². The van der Waals surface area contributed by atoms with Crippen LogP contribution in [0, 0.1) is 0 Å². The summed E-state index contributed by atoms with van der Waals surface area (Å²) in [6.45, 7) is 2.03. The van der Waals surface area contributed by atoms with Gasteiger partial charge in [-0.3, -0.25) is 9.59 Å². The van der Waals surface area contributed by atoms with E-state index < -0.39 is 5.97 Å². The molecule has 0 saturated heterocycles. The predicted molar refractivity (Wildman–Crippen MR) is 123 cm³/mol. The fourth-order valence-electron chi connectivity index (χ4n) is 3.16. The number of fused-ring (bicyclic) bond motifs is 1. The minimum atomic E-state index is -0.413. The molecule has 0 atom stereocenters. The molecule has 0 aliphatic carbocycles. The molecule has 4 rings (SSSR count). The van der Waals surface area contributed by atoms with Crippen molar-refractivity contribution in [3.05, 3.63) is 88.4 Å². The molecule has 0 spiro atoms. The van der Waals surface area contributed by atoms with Gasteiger partial charge in [0.25, 0.3) is 11.8 Å². The number of aliphatic imine (C=N–C) groups is 1. The van der Waals surface area contributed by atoms with Crippen LogP contribution in [0.3, 0.4) is 0 Å². The Hall–Kier alpha value is -3.97.